The van der Waals surface area contributed by atoms with Gasteiger partial charge in [0.1, 0.15) is 11.1 Å². The van der Waals surface area contributed by atoms with Crippen LogP contribution in [-0.4, -0.2) is 20.9 Å². The summed E-state index contributed by atoms with van der Waals surface area (Å²) < 4.78 is 41.0. The molecule has 6 nitrogen and oxygen atoms in total. The van der Waals surface area contributed by atoms with Crippen LogP contribution < -0.4 is 10.0 Å². The van der Waals surface area contributed by atoms with E-state index in [0.717, 1.165) is 28.1 Å². The van der Waals surface area contributed by atoms with E-state index in [4.69, 9.17) is 0 Å². The van der Waals surface area contributed by atoms with Crippen molar-refractivity contribution in [3.8, 4) is 5.69 Å². The molecular weight excluding hydrogens is 409 g/mol. The third-order valence-electron chi connectivity index (χ3n) is 4.84. The van der Waals surface area contributed by atoms with Gasteiger partial charge in [-0.15, -0.1) is 0 Å². The minimum absolute atomic E-state index is 0.101. The SMILES string of the molecule is Cc1ccc(-n2ncc3c(C(=O)NCc4cccc(C(F)(F)F)c4)c[n+](O)cc32)cc1. The molecular formula is C22H18F3N4O2+. The number of aryl methyl sites for hydroxylation is 1. The summed E-state index contributed by atoms with van der Waals surface area (Å²) in [6, 6.07) is 12.3. The van der Waals surface area contributed by atoms with Gasteiger partial charge in [0.2, 0.25) is 12.4 Å². The molecule has 0 aliphatic carbocycles. The second kappa shape index (κ2) is 7.75. The maximum atomic E-state index is 12.9. The highest BCUT2D eigenvalue weighted by Gasteiger charge is 2.30. The molecule has 2 aromatic carbocycles. The Kier molecular flexibility index (Phi) is 5.10. The van der Waals surface area contributed by atoms with Crippen molar-refractivity contribution < 1.29 is 27.9 Å². The first-order chi connectivity index (χ1) is 14.7. The number of carbonyl (C=O) groups is 1. The molecule has 0 unspecified atom stereocenters. The van der Waals surface area contributed by atoms with Crippen molar-refractivity contribution in [1.82, 2.24) is 15.1 Å². The summed E-state index contributed by atoms with van der Waals surface area (Å²) in [6.45, 7) is 1.86. The summed E-state index contributed by atoms with van der Waals surface area (Å²) in [7, 11) is 0. The Morgan fingerprint density at radius 3 is 2.61 bits per heavy atom. The van der Waals surface area contributed by atoms with Gasteiger partial charge in [-0.1, -0.05) is 29.8 Å². The minimum Gasteiger partial charge on any atom is -0.348 e. The van der Waals surface area contributed by atoms with Crippen LogP contribution in [0.5, 0.6) is 0 Å². The Labute approximate surface area is 175 Å². The molecule has 4 aromatic rings. The normalized spacial score (nSPS) is 11.6. The van der Waals surface area contributed by atoms with Gasteiger partial charge in [0.15, 0.2) is 0 Å². The maximum absolute atomic E-state index is 12.9. The lowest BCUT2D eigenvalue weighted by Crippen LogP contribution is -2.33. The maximum Gasteiger partial charge on any atom is 0.416 e. The van der Waals surface area contributed by atoms with Gasteiger partial charge in [-0.05, 0) is 36.8 Å². The Morgan fingerprint density at radius 2 is 1.90 bits per heavy atom. The Hall–Kier alpha value is -3.88. The van der Waals surface area contributed by atoms with Crippen molar-refractivity contribution in [2.75, 3.05) is 0 Å². The molecule has 4 rings (SSSR count). The summed E-state index contributed by atoms with van der Waals surface area (Å²) in [4.78, 5) is 12.8. The summed E-state index contributed by atoms with van der Waals surface area (Å²) in [6.07, 6.45) is -0.302. The molecule has 31 heavy (non-hydrogen) atoms. The van der Waals surface area contributed by atoms with Crippen molar-refractivity contribution in [2.45, 2.75) is 19.6 Å². The number of fused-ring (bicyclic) bond motifs is 1. The zero-order chi connectivity index (χ0) is 22.2. The van der Waals surface area contributed by atoms with Crippen LogP contribution in [0.2, 0.25) is 0 Å². The van der Waals surface area contributed by atoms with E-state index in [0.29, 0.717) is 16.5 Å². The lowest BCUT2D eigenvalue weighted by Gasteiger charge is -2.09. The molecule has 0 saturated carbocycles. The fourth-order valence-corrected chi connectivity index (χ4v) is 3.26. The number of hydrogen-bond donors (Lipinski definition) is 2. The second-order valence-corrected chi connectivity index (χ2v) is 7.12. The van der Waals surface area contributed by atoms with Crippen molar-refractivity contribution >= 4 is 16.8 Å². The number of aromatic nitrogens is 3. The standard InChI is InChI=1S/C22H17F3N4O2/c1-14-5-7-17(8-6-14)29-20-13-28(31)12-19(18(20)11-27-29)21(30)26-10-15-3-2-4-16(9-15)22(23,24)25/h2-9,11-13H,10H2,1H3,(H-,26,27,30,31)/p+1. The highest BCUT2D eigenvalue weighted by atomic mass is 19.4. The monoisotopic (exact) mass is 427 g/mol. The Morgan fingerprint density at radius 1 is 1.16 bits per heavy atom. The zero-order valence-electron chi connectivity index (χ0n) is 16.4. The van der Waals surface area contributed by atoms with Gasteiger partial charge in [0, 0.05) is 16.7 Å². The van der Waals surface area contributed by atoms with Crippen molar-refractivity contribution in [2.24, 2.45) is 0 Å². The Balaban J connectivity index is 1.62. The lowest BCUT2D eigenvalue weighted by molar-refractivity contribution is -0.904. The molecule has 1 amide bonds. The predicted octanol–water partition coefficient (Wildman–Crippen LogP) is 3.81. The average molecular weight is 427 g/mol. The molecule has 0 bridgehead atoms. The number of rotatable bonds is 4. The molecule has 2 N–H and O–H groups in total. The molecule has 2 heterocycles. The van der Waals surface area contributed by atoms with Crippen LogP contribution in [0.25, 0.3) is 16.6 Å². The van der Waals surface area contributed by atoms with Gasteiger partial charge >= 0.3 is 6.18 Å². The first-order valence-electron chi connectivity index (χ1n) is 9.36. The molecule has 0 saturated heterocycles. The average Bonchev–Trinajstić information content (AvgIpc) is 3.15. The largest absolute Gasteiger partial charge is 0.416 e. The predicted molar refractivity (Wildman–Crippen MR) is 106 cm³/mol. The van der Waals surface area contributed by atoms with E-state index in [1.54, 1.807) is 4.68 Å². The van der Waals surface area contributed by atoms with E-state index in [-0.39, 0.29) is 12.1 Å². The minimum atomic E-state index is -4.46. The fraction of sp³-hybridized carbons (Fsp3) is 0.136. The van der Waals surface area contributed by atoms with Crippen molar-refractivity contribution in [1.29, 1.82) is 0 Å². The van der Waals surface area contributed by atoms with Crippen molar-refractivity contribution in [3.05, 3.63) is 89.4 Å². The van der Waals surface area contributed by atoms with E-state index >= 15 is 0 Å². The summed E-state index contributed by atoms with van der Waals surface area (Å²) >= 11 is 0. The van der Waals surface area contributed by atoms with Crippen LogP contribution in [0.4, 0.5) is 13.2 Å². The third-order valence-corrected chi connectivity index (χ3v) is 4.84. The van der Waals surface area contributed by atoms with Crippen molar-refractivity contribution in [3.63, 3.8) is 0 Å². The molecule has 2 aromatic heterocycles. The highest BCUT2D eigenvalue weighted by Crippen LogP contribution is 2.29. The van der Waals surface area contributed by atoms with Crippen LogP contribution in [-0.2, 0) is 12.7 Å². The molecule has 9 heteroatoms. The topological polar surface area (TPSA) is 71.0 Å². The molecule has 0 aliphatic heterocycles. The van der Waals surface area contributed by atoms with Crippen LogP contribution in [0.1, 0.15) is 27.0 Å². The van der Waals surface area contributed by atoms with Gasteiger partial charge in [-0.3, -0.25) is 10.0 Å². The van der Waals surface area contributed by atoms with Gasteiger partial charge < -0.3 is 5.32 Å². The van der Waals surface area contributed by atoms with Gasteiger partial charge in [0.25, 0.3) is 5.91 Å². The number of nitrogens with zero attached hydrogens (tertiary/aromatic N) is 3. The summed E-state index contributed by atoms with van der Waals surface area (Å²) in [5, 5.41) is 17.5. The second-order valence-electron chi connectivity index (χ2n) is 7.12. The molecule has 0 radical (unpaired) electrons. The highest BCUT2D eigenvalue weighted by molar-refractivity contribution is 6.05. The molecule has 0 spiro atoms. The van der Waals surface area contributed by atoms with E-state index in [1.807, 2.05) is 31.2 Å². The molecule has 0 aliphatic rings. The third kappa shape index (κ3) is 4.20. The number of nitrogens with one attached hydrogen (secondary N) is 1. The number of halogens is 3. The van der Waals surface area contributed by atoms with E-state index < -0.39 is 17.6 Å². The van der Waals surface area contributed by atoms with Crippen LogP contribution in [0, 0.1) is 6.92 Å². The molecule has 0 fully saturated rings. The first-order valence-corrected chi connectivity index (χ1v) is 9.36. The number of amides is 1. The van der Waals surface area contributed by atoms with Crippen LogP contribution >= 0.6 is 0 Å². The smallest absolute Gasteiger partial charge is 0.348 e. The van der Waals surface area contributed by atoms with Crippen LogP contribution in [0.3, 0.4) is 0 Å². The Bertz CT molecular complexity index is 1260. The van der Waals surface area contributed by atoms with E-state index in [9.17, 15) is 23.2 Å². The number of pyridine rings is 1. The summed E-state index contributed by atoms with van der Waals surface area (Å²) in [5.74, 6) is -0.547. The molecule has 0 atom stereocenters. The number of alkyl halides is 3. The van der Waals surface area contributed by atoms with E-state index in [2.05, 4.69) is 10.4 Å². The van der Waals surface area contributed by atoms with Gasteiger partial charge in [0.05, 0.1) is 17.4 Å². The van der Waals surface area contributed by atoms with Gasteiger partial charge in [-0.25, -0.2) is 4.68 Å². The zero-order valence-corrected chi connectivity index (χ0v) is 16.4. The number of benzene rings is 2. The molecule has 158 valence electrons. The lowest BCUT2D eigenvalue weighted by atomic mass is 10.1. The summed E-state index contributed by atoms with van der Waals surface area (Å²) in [5.41, 5.74) is 1.99. The number of hydrogen-bond acceptors (Lipinski definition) is 3. The number of carbonyl (C=O) groups excluding carboxylic acids is 1. The quantitative estimate of drug-likeness (QED) is 0.384. The van der Waals surface area contributed by atoms with Crippen LogP contribution in [0.15, 0.2) is 67.1 Å². The van der Waals surface area contributed by atoms with Gasteiger partial charge in [-0.2, -0.15) is 18.3 Å². The fourth-order valence-electron chi connectivity index (χ4n) is 3.26. The first kappa shape index (κ1) is 20.4. The van der Waals surface area contributed by atoms with E-state index in [1.165, 1.54) is 30.7 Å².